The molecule has 1 N–H and O–H groups in total. The molecule has 0 amide bonds. The van der Waals surface area contributed by atoms with E-state index >= 15 is 0 Å². The molecule has 0 saturated carbocycles. The van der Waals surface area contributed by atoms with Crippen molar-refractivity contribution in [2.75, 3.05) is 0 Å². The second-order valence-corrected chi connectivity index (χ2v) is 4.31. The Labute approximate surface area is 96.4 Å². The van der Waals surface area contributed by atoms with Gasteiger partial charge in [-0.15, -0.1) is 11.3 Å². The Morgan fingerprint density at radius 3 is 3.06 bits per heavy atom. The van der Waals surface area contributed by atoms with E-state index in [0.717, 1.165) is 18.7 Å². The van der Waals surface area contributed by atoms with Crippen molar-refractivity contribution in [1.82, 2.24) is 14.8 Å². The van der Waals surface area contributed by atoms with Crippen molar-refractivity contribution in [2.24, 2.45) is 0 Å². The van der Waals surface area contributed by atoms with Gasteiger partial charge in [-0.2, -0.15) is 5.10 Å². The van der Waals surface area contributed by atoms with Crippen LogP contribution in [0.25, 0.3) is 10.7 Å². The fraction of sp³-hybridized carbons (Fsp3) is 0.300. The van der Waals surface area contributed by atoms with Gasteiger partial charge < -0.3 is 5.11 Å². The predicted octanol–water partition coefficient (Wildman–Crippen LogP) is 2.11. The number of carbonyl (C=O) groups is 1. The normalized spacial score (nSPS) is 10.6. The third-order valence-electron chi connectivity index (χ3n) is 2.09. The van der Waals surface area contributed by atoms with Gasteiger partial charge in [-0.25, -0.2) is 9.78 Å². The molecule has 0 fully saturated rings. The van der Waals surface area contributed by atoms with E-state index in [1.165, 1.54) is 17.5 Å². The van der Waals surface area contributed by atoms with E-state index in [1.54, 1.807) is 6.20 Å². The molecule has 0 atom stereocenters. The van der Waals surface area contributed by atoms with Gasteiger partial charge in [0.1, 0.15) is 9.88 Å². The van der Waals surface area contributed by atoms with E-state index < -0.39 is 5.97 Å². The number of aromatic nitrogens is 3. The summed E-state index contributed by atoms with van der Waals surface area (Å²) < 4.78 is 1.84. The zero-order valence-electron chi connectivity index (χ0n) is 8.75. The summed E-state index contributed by atoms with van der Waals surface area (Å²) in [4.78, 5) is 15.1. The van der Waals surface area contributed by atoms with E-state index in [4.69, 9.17) is 5.11 Å². The quantitative estimate of drug-likeness (QED) is 0.884. The van der Waals surface area contributed by atoms with Gasteiger partial charge in [-0.1, -0.05) is 6.92 Å². The van der Waals surface area contributed by atoms with Crippen molar-refractivity contribution in [3.8, 4) is 10.7 Å². The Hall–Kier alpha value is -1.69. The fourth-order valence-corrected chi connectivity index (χ4v) is 2.18. The van der Waals surface area contributed by atoms with E-state index in [9.17, 15) is 4.79 Å². The van der Waals surface area contributed by atoms with Crippen molar-refractivity contribution in [1.29, 1.82) is 0 Å². The maximum absolute atomic E-state index is 10.7. The zero-order chi connectivity index (χ0) is 11.5. The van der Waals surface area contributed by atoms with Gasteiger partial charge in [0.05, 0.1) is 11.9 Å². The van der Waals surface area contributed by atoms with Crippen LogP contribution in [-0.4, -0.2) is 25.8 Å². The summed E-state index contributed by atoms with van der Waals surface area (Å²) in [5.74, 6) is -0.940. The Morgan fingerprint density at radius 2 is 2.44 bits per heavy atom. The summed E-state index contributed by atoms with van der Waals surface area (Å²) in [6.07, 6.45) is 4.06. The second kappa shape index (κ2) is 4.44. The third kappa shape index (κ3) is 1.96. The second-order valence-electron chi connectivity index (χ2n) is 3.27. The highest BCUT2D eigenvalue weighted by molar-refractivity contribution is 7.16. The summed E-state index contributed by atoms with van der Waals surface area (Å²) in [5.41, 5.74) is 0.874. The van der Waals surface area contributed by atoms with Crippen molar-refractivity contribution in [2.45, 2.75) is 19.9 Å². The van der Waals surface area contributed by atoms with Gasteiger partial charge in [-0.3, -0.25) is 4.68 Å². The van der Waals surface area contributed by atoms with Crippen LogP contribution < -0.4 is 0 Å². The van der Waals surface area contributed by atoms with Crippen LogP contribution in [0.2, 0.25) is 0 Å². The average Bonchev–Trinajstić information content (AvgIpc) is 2.84. The summed E-state index contributed by atoms with van der Waals surface area (Å²) in [6, 6.07) is 1.85. The maximum Gasteiger partial charge on any atom is 0.347 e. The van der Waals surface area contributed by atoms with Gasteiger partial charge >= 0.3 is 5.97 Å². The van der Waals surface area contributed by atoms with Crippen molar-refractivity contribution >= 4 is 17.3 Å². The van der Waals surface area contributed by atoms with Gasteiger partial charge in [0.2, 0.25) is 0 Å². The van der Waals surface area contributed by atoms with Gasteiger partial charge in [0, 0.05) is 12.7 Å². The lowest BCUT2D eigenvalue weighted by molar-refractivity contribution is 0.0702. The number of thiazole rings is 1. The molecular weight excluding hydrogens is 226 g/mol. The predicted molar refractivity (Wildman–Crippen MR) is 60.6 cm³/mol. The topological polar surface area (TPSA) is 68.0 Å². The fourth-order valence-electron chi connectivity index (χ4n) is 1.40. The van der Waals surface area contributed by atoms with Crippen LogP contribution in [0.1, 0.15) is 23.0 Å². The number of hydrogen-bond donors (Lipinski definition) is 1. The monoisotopic (exact) mass is 237 g/mol. The first kappa shape index (κ1) is 10.8. The number of carboxylic acid groups (broad SMARTS) is 1. The first-order chi connectivity index (χ1) is 7.72. The molecule has 0 saturated heterocycles. The number of aryl methyl sites for hydroxylation is 1. The minimum atomic E-state index is -0.940. The van der Waals surface area contributed by atoms with Crippen LogP contribution in [0.15, 0.2) is 18.5 Å². The Kier molecular flexibility index (Phi) is 3.00. The van der Waals surface area contributed by atoms with E-state index in [0.29, 0.717) is 5.01 Å². The van der Waals surface area contributed by atoms with E-state index in [1.807, 2.05) is 10.7 Å². The summed E-state index contributed by atoms with van der Waals surface area (Å²) in [7, 11) is 0. The van der Waals surface area contributed by atoms with E-state index in [2.05, 4.69) is 17.0 Å². The lowest BCUT2D eigenvalue weighted by Crippen LogP contribution is -2.00. The summed E-state index contributed by atoms with van der Waals surface area (Å²) in [6.45, 7) is 2.88. The number of aromatic carboxylic acids is 1. The zero-order valence-corrected chi connectivity index (χ0v) is 9.57. The van der Waals surface area contributed by atoms with Gasteiger partial charge in [0.25, 0.3) is 0 Å². The molecule has 84 valence electrons. The minimum Gasteiger partial charge on any atom is -0.477 e. The average molecular weight is 237 g/mol. The van der Waals surface area contributed by atoms with Crippen molar-refractivity contribution in [3.05, 3.63) is 23.3 Å². The first-order valence-electron chi connectivity index (χ1n) is 4.93. The van der Waals surface area contributed by atoms with Gasteiger partial charge in [0.15, 0.2) is 0 Å². The molecule has 0 aliphatic heterocycles. The molecule has 2 aromatic rings. The van der Waals surface area contributed by atoms with Crippen LogP contribution in [-0.2, 0) is 6.54 Å². The lowest BCUT2D eigenvalue weighted by Gasteiger charge is -2.01. The number of hydrogen-bond acceptors (Lipinski definition) is 4. The molecular formula is C10H11N3O2S. The molecule has 0 aromatic carbocycles. The molecule has 2 heterocycles. The van der Waals surface area contributed by atoms with Gasteiger partial charge in [-0.05, 0) is 12.5 Å². The Bertz CT molecular complexity index is 504. The number of nitrogens with zero attached hydrogens (tertiary/aromatic N) is 3. The molecule has 2 rings (SSSR count). The molecule has 0 spiro atoms. The molecule has 5 nitrogen and oxygen atoms in total. The van der Waals surface area contributed by atoms with Crippen LogP contribution >= 0.6 is 11.3 Å². The molecule has 16 heavy (non-hydrogen) atoms. The lowest BCUT2D eigenvalue weighted by atomic mass is 10.4. The molecule has 0 bridgehead atoms. The highest BCUT2D eigenvalue weighted by Crippen LogP contribution is 2.24. The summed E-state index contributed by atoms with van der Waals surface area (Å²) >= 11 is 1.17. The smallest absolute Gasteiger partial charge is 0.347 e. The third-order valence-corrected chi connectivity index (χ3v) is 3.10. The Balaban J connectivity index is 2.34. The van der Waals surface area contributed by atoms with Crippen LogP contribution in [0, 0.1) is 0 Å². The highest BCUT2D eigenvalue weighted by atomic mass is 32.1. The standard InChI is InChI=1S/C10H11N3O2S/c1-2-5-13-7(3-4-12-13)9-11-6-8(16-9)10(14)15/h3-4,6H,2,5H2,1H3,(H,14,15). The van der Waals surface area contributed by atoms with E-state index in [-0.39, 0.29) is 4.88 Å². The Morgan fingerprint density at radius 1 is 1.62 bits per heavy atom. The van der Waals surface area contributed by atoms with Crippen molar-refractivity contribution in [3.63, 3.8) is 0 Å². The number of carboxylic acids is 1. The molecule has 0 aliphatic rings. The molecule has 2 aromatic heterocycles. The van der Waals surface area contributed by atoms with Crippen LogP contribution in [0.4, 0.5) is 0 Å². The van der Waals surface area contributed by atoms with Crippen LogP contribution in [0.3, 0.4) is 0 Å². The minimum absolute atomic E-state index is 0.249. The first-order valence-corrected chi connectivity index (χ1v) is 5.75. The number of rotatable bonds is 4. The molecule has 6 heteroatoms. The SMILES string of the molecule is CCCn1nccc1-c1ncc(C(=O)O)s1. The molecule has 0 unspecified atom stereocenters. The highest BCUT2D eigenvalue weighted by Gasteiger charge is 2.12. The summed E-state index contributed by atoms with van der Waals surface area (Å²) in [5, 5.41) is 13.7. The van der Waals surface area contributed by atoms with Crippen molar-refractivity contribution < 1.29 is 9.90 Å². The largest absolute Gasteiger partial charge is 0.477 e. The molecule has 0 aliphatic carbocycles. The maximum atomic E-state index is 10.7. The molecule has 0 radical (unpaired) electrons. The van der Waals surface area contributed by atoms with Crippen LogP contribution in [0.5, 0.6) is 0 Å².